The van der Waals surface area contributed by atoms with Crippen LogP contribution in [0.5, 0.6) is 5.75 Å². The van der Waals surface area contributed by atoms with Crippen LogP contribution in [0.2, 0.25) is 0 Å². The summed E-state index contributed by atoms with van der Waals surface area (Å²) in [4.78, 5) is 28.0. The first kappa shape index (κ1) is 14.6. The molecule has 1 atom stereocenters. The summed E-state index contributed by atoms with van der Waals surface area (Å²) in [6.07, 6.45) is -0.633. The van der Waals surface area contributed by atoms with E-state index in [4.69, 9.17) is 15.2 Å². The summed E-state index contributed by atoms with van der Waals surface area (Å²) < 4.78 is 10.8. The summed E-state index contributed by atoms with van der Waals surface area (Å²) in [5.74, 6) is 0.217. The van der Waals surface area contributed by atoms with E-state index in [-0.39, 0.29) is 18.4 Å². The molecular formula is C15H19N3O4. The predicted octanol–water partition coefficient (Wildman–Crippen LogP) is 0.241. The molecule has 1 aromatic rings. The van der Waals surface area contributed by atoms with Crippen molar-refractivity contribution >= 4 is 23.2 Å². The Hall–Kier alpha value is -2.28. The van der Waals surface area contributed by atoms with Gasteiger partial charge in [-0.25, -0.2) is 0 Å². The third-order valence-electron chi connectivity index (χ3n) is 3.85. The number of ether oxygens (including phenoxy) is 2. The fraction of sp³-hybridized carbons (Fsp3) is 0.467. The molecule has 22 heavy (non-hydrogen) atoms. The van der Waals surface area contributed by atoms with Crippen molar-refractivity contribution in [2.75, 3.05) is 43.5 Å². The van der Waals surface area contributed by atoms with Crippen molar-refractivity contribution in [2.24, 2.45) is 0 Å². The number of carbonyl (C=O) groups excluding carboxylic acids is 2. The maximum atomic E-state index is 12.4. The highest BCUT2D eigenvalue weighted by Crippen LogP contribution is 2.35. The number of hydrogen-bond donors (Lipinski definition) is 1. The minimum atomic E-state index is -0.633. The van der Waals surface area contributed by atoms with Gasteiger partial charge in [-0.1, -0.05) is 0 Å². The van der Waals surface area contributed by atoms with Crippen molar-refractivity contribution in [2.45, 2.75) is 13.0 Å². The molecule has 3 rings (SSSR count). The van der Waals surface area contributed by atoms with E-state index in [9.17, 15) is 9.59 Å². The average Bonchev–Trinajstić information content (AvgIpc) is 2.52. The molecule has 2 heterocycles. The highest BCUT2D eigenvalue weighted by molar-refractivity contribution is 6.03. The molecule has 1 saturated heterocycles. The van der Waals surface area contributed by atoms with Crippen LogP contribution in [0.1, 0.15) is 6.92 Å². The number of benzene rings is 1. The molecule has 1 unspecified atom stereocenters. The van der Waals surface area contributed by atoms with Crippen LogP contribution < -0.4 is 15.4 Å². The molecule has 7 heteroatoms. The van der Waals surface area contributed by atoms with Gasteiger partial charge in [-0.15, -0.1) is 0 Å². The van der Waals surface area contributed by atoms with E-state index in [1.807, 2.05) is 0 Å². The normalized spacial score (nSPS) is 21.3. The van der Waals surface area contributed by atoms with Crippen molar-refractivity contribution in [1.82, 2.24) is 4.90 Å². The number of nitrogen functional groups attached to an aromatic ring is 1. The Balaban J connectivity index is 1.82. The van der Waals surface area contributed by atoms with Gasteiger partial charge in [-0.2, -0.15) is 0 Å². The smallest absolute Gasteiger partial charge is 0.268 e. The fourth-order valence-corrected chi connectivity index (χ4v) is 2.64. The van der Waals surface area contributed by atoms with Crippen molar-refractivity contribution in [1.29, 1.82) is 0 Å². The van der Waals surface area contributed by atoms with Crippen molar-refractivity contribution in [3.8, 4) is 5.75 Å². The van der Waals surface area contributed by atoms with Crippen LogP contribution in [-0.4, -0.2) is 55.7 Å². The molecule has 0 bridgehead atoms. The van der Waals surface area contributed by atoms with Gasteiger partial charge in [-0.05, 0) is 19.1 Å². The summed E-state index contributed by atoms with van der Waals surface area (Å²) in [6, 6.07) is 5.07. The Bertz CT molecular complexity index is 598. The molecule has 1 aromatic carbocycles. The lowest BCUT2D eigenvalue weighted by atomic mass is 10.1. The summed E-state index contributed by atoms with van der Waals surface area (Å²) in [5, 5.41) is 0. The number of rotatable bonds is 2. The van der Waals surface area contributed by atoms with Gasteiger partial charge in [0.2, 0.25) is 5.91 Å². The largest absolute Gasteiger partial charge is 0.479 e. The number of carbonyl (C=O) groups is 2. The second kappa shape index (κ2) is 5.84. The molecule has 0 saturated carbocycles. The number of nitrogens with zero attached hydrogens (tertiary/aromatic N) is 2. The minimum Gasteiger partial charge on any atom is -0.479 e. The first-order valence-electron chi connectivity index (χ1n) is 7.29. The highest BCUT2D eigenvalue weighted by Gasteiger charge is 2.33. The summed E-state index contributed by atoms with van der Waals surface area (Å²) in [7, 11) is 0. The zero-order chi connectivity index (χ0) is 15.7. The van der Waals surface area contributed by atoms with Crippen molar-refractivity contribution < 1.29 is 19.1 Å². The number of anilines is 2. The summed E-state index contributed by atoms with van der Waals surface area (Å²) >= 11 is 0. The number of morpholine rings is 1. The van der Waals surface area contributed by atoms with Gasteiger partial charge < -0.3 is 20.1 Å². The number of fused-ring (bicyclic) bond motifs is 1. The van der Waals surface area contributed by atoms with Gasteiger partial charge >= 0.3 is 0 Å². The van der Waals surface area contributed by atoms with Crippen LogP contribution in [0, 0.1) is 0 Å². The lowest BCUT2D eigenvalue weighted by molar-refractivity contribution is -0.136. The monoisotopic (exact) mass is 305 g/mol. The standard InChI is InChI=1S/C15H19N3O4/c1-10-15(20)18(9-14(19)17-4-6-21-7-5-17)12-3-2-11(16)8-13(12)22-10/h2-3,8,10H,4-7,9,16H2,1H3. The Morgan fingerprint density at radius 1 is 1.36 bits per heavy atom. The first-order chi connectivity index (χ1) is 10.6. The highest BCUT2D eigenvalue weighted by atomic mass is 16.5. The number of nitrogens with two attached hydrogens (primary N) is 1. The van der Waals surface area contributed by atoms with E-state index in [0.29, 0.717) is 43.4 Å². The molecule has 2 aliphatic rings. The zero-order valence-electron chi connectivity index (χ0n) is 12.4. The van der Waals surface area contributed by atoms with Gasteiger partial charge in [0, 0.05) is 24.8 Å². The molecule has 118 valence electrons. The van der Waals surface area contributed by atoms with Gasteiger partial charge in [0.25, 0.3) is 5.91 Å². The molecule has 7 nitrogen and oxygen atoms in total. The van der Waals surface area contributed by atoms with Crippen molar-refractivity contribution in [3.05, 3.63) is 18.2 Å². The SMILES string of the molecule is CC1Oc2cc(N)ccc2N(CC(=O)N2CCOCC2)C1=O. The van der Waals surface area contributed by atoms with Gasteiger partial charge in [-0.3, -0.25) is 14.5 Å². The van der Waals surface area contributed by atoms with E-state index >= 15 is 0 Å². The molecule has 1 fully saturated rings. The lowest BCUT2D eigenvalue weighted by Crippen LogP contribution is -2.51. The van der Waals surface area contributed by atoms with E-state index < -0.39 is 6.10 Å². The molecule has 2 aliphatic heterocycles. The van der Waals surface area contributed by atoms with E-state index in [0.717, 1.165) is 0 Å². The van der Waals surface area contributed by atoms with E-state index in [1.54, 1.807) is 30.0 Å². The topological polar surface area (TPSA) is 85.1 Å². The summed E-state index contributed by atoms with van der Waals surface area (Å²) in [5.41, 5.74) is 6.89. The molecule has 0 radical (unpaired) electrons. The first-order valence-corrected chi connectivity index (χ1v) is 7.29. The van der Waals surface area contributed by atoms with E-state index in [2.05, 4.69) is 0 Å². The average molecular weight is 305 g/mol. The maximum absolute atomic E-state index is 12.4. The van der Waals surface area contributed by atoms with Gasteiger partial charge in [0.05, 0.1) is 18.9 Å². The predicted molar refractivity (Wildman–Crippen MR) is 80.7 cm³/mol. The quantitative estimate of drug-likeness (QED) is 0.791. The Kier molecular flexibility index (Phi) is 3.89. The van der Waals surface area contributed by atoms with Crippen LogP contribution in [0.4, 0.5) is 11.4 Å². The Labute approximate surface area is 128 Å². The van der Waals surface area contributed by atoms with E-state index in [1.165, 1.54) is 4.90 Å². The van der Waals surface area contributed by atoms with Crippen LogP contribution in [0.25, 0.3) is 0 Å². The minimum absolute atomic E-state index is 0.00342. The Morgan fingerprint density at radius 2 is 2.09 bits per heavy atom. The van der Waals surface area contributed by atoms with Crippen LogP contribution in [0.15, 0.2) is 18.2 Å². The van der Waals surface area contributed by atoms with Crippen LogP contribution in [0.3, 0.4) is 0 Å². The fourth-order valence-electron chi connectivity index (χ4n) is 2.64. The molecule has 0 aromatic heterocycles. The number of amides is 2. The van der Waals surface area contributed by atoms with Crippen LogP contribution >= 0.6 is 0 Å². The van der Waals surface area contributed by atoms with Gasteiger partial charge in [0.1, 0.15) is 12.3 Å². The third-order valence-corrected chi connectivity index (χ3v) is 3.85. The van der Waals surface area contributed by atoms with Crippen LogP contribution in [-0.2, 0) is 14.3 Å². The van der Waals surface area contributed by atoms with Gasteiger partial charge in [0.15, 0.2) is 6.10 Å². The Morgan fingerprint density at radius 3 is 2.82 bits per heavy atom. The second-order valence-electron chi connectivity index (χ2n) is 5.40. The zero-order valence-corrected chi connectivity index (χ0v) is 12.4. The maximum Gasteiger partial charge on any atom is 0.268 e. The lowest BCUT2D eigenvalue weighted by Gasteiger charge is -2.35. The second-order valence-corrected chi connectivity index (χ2v) is 5.40. The summed E-state index contributed by atoms with van der Waals surface area (Å²) in [6.45, 7) is 3.85. The third kappa shape index (κ3) is 2.71. The number of hydrogen-bond acceptors (Lipinski definition) is 5. The van der Waals surface area contributed by atoms with Crippen molar-refractivity contribution in [3.63, 3.8) is 0 Å². The molecule has 2 amide bonds. The molecule has 0 spiro atoms. The molecule has 2 N–H and O–H groups in total. The molecular weight excluding hydrogens is 286 g/mol. The molecule has 0 aliphatic carbocycles.